The molecule has 0 radical (unpaired) electrons. The molecular formula is C6H4Cl6N3OP3. The highest BCUT2D eigenvalue weighted by Gasteiger charge is 2.45. The molecule has 2 rings (SSSR count). The third-order valence-electron chi connectivity index (χ3n) is 1.83. The summed E-state index contributed by atoms with van der Waals surface area (Å²) in [7, 11) is -3.18. The van der Waals surface area contributed by atoms with E-state index in [9.17, 15) is 0 Å². The molecule has 1 aliphatic rings. The van der Waals surface area contributed by atoms with Crippen molar-refractivity contribution in [3.05, 3.63) is 29.3 Å². The summed E-state index contributed by atoms with van der Waals surface area (Å²) >= 11 is 36.0. The molecule has 0 bridgehead atoms. The summed E-state index contributed by atoms with van der Waals surface area (Å²) in [6.45, 7) is -3.02. The highest BCUT2D eigenvalue weighted by Crippen LogP contribution is 2.83. The predicted octanol–water partition coefficient (Wildman–Crippen LogP) is 7.76. The SMILES string of the molecule is Clc1ccc(OP2(Cl)=NP(Cl)N(Cl)P(Cl)N2Cl)cc1. The maximum Gasteiger partial charge on any atom is 0.322 e. The molecule has 0 aromatic heterocycles. The Balaban J connectivity index is 2.31. The van der Waals surface area contributed by atoms with E-state index in [1.165, 1.54) is 0 Å². The Morgan fingerprint density at radius 1 is 1.16 bits per heavy atom. The Hall–Kier alpha value is 1.77. The summed E-state index contributed by atoms with van der Waals surface area (Å²) < 4.78 is 12.0. The smallest absolute Gasteiger partial charge is 0.322 e. The van der Waals surface area contributed by atoms with E-state index in [4.69, 9.17) is 73.4 Å². The average Bonchev–Trinajstić information content (AvgIpc) is 2.37. The number of benzene rings is 1. The fourth-order valence-electron chi connectivity index (χ4n) is 1.05. The van der Waals surface area contributed by atoms with Crippen molar-refractivity contribution in [2.75, 3.05) is 0 Å². The highest BCUT2D eigenvalue weighted by molar-refractivity contribution is 8.07. The van der Waals surface area contributed by atoms with Gasteiger partial charge in [0, 0.05) is 5.02 Å². The summed E-state index contributed by atoms with van der Waals surface area (Å²) in [5.74, 6) is 0.463. The quantitative estimate of drug-likeness (QED) is 0.348. The fourth-order valence-corrected chi connectivity index (χ4v) is 12.4. The van der Waals surface area contributed by atoms with Gasteiger partial charge in [-0.15, -0.1) is 3.96 Å². The van der Waals surface area contributed by atoms with Gasteiger partial charge in [0.15, 0.2) is 7.58 Å². The number of rotatable bonds is 2. The standard InChI is InChI=1S/C6H4Cl6N3OP3/c7-5-1-3-6(4-2-5)16-19(12)13-17(10)14(8)18(11)15(19)9/h1-4H. The molecule has 13 heteroatoms. The number of halogens is 6. The van der Waals surface area contributed by atoms with Crippen LogP contribution in [0.4, 0.5) is 0 Å². The molecule has 3 atom stereocenters. The Bertz CT molecular complexity index is 517. The number of hydrogen-bond acceptors (Lipinski definition) is 4. The molecule has 3 unspecified atom stereocenters. The normalized spacial score (nSPS) is 32.9. The van der Waals surface area contributed by atoms with Gasteiger partial charge in [-0.1, -0.05) is 26.8 Å². The van der Waals surface area contributed by atoms with Crippen LogP contribution in [0.3, 0.4) is 0 Å². The number of nitrogens with zero attached hydrogens (tertiary/aromatic N) is 3. The van der Waals surface area contributed by atoms with Crippen LogP contribution in [0, 0.1) is 0 Å². The van der Waals surface area contributed by atoms with Gasteiger partial charge in [-0.25, -0.2) is 0 Å². The molecule has 0 N–H and O–H groups in total. The van der Waals surface area contributed by atoms with Gasteiger partial charge in [0.2, 0.25) is 7.58 Å². The maximum atomic E-state index is 6.32. The van der Waals surface area contributed by atoms with E-state index >= 15 is 0 Å². The third-order valence-corrected chi connectivity index (χ3v) is 14.8. The first-order valence-electron chi connectivity index (χ1n) is 4.44. The maximum absolute atomic E-state index is 6.32. The predicted molar refractivity (Wildman–Crippen MR) is 88.2 cm³/mol. The average molecular weight is 440 g/mol. The Kier molecular flexibility index (Phi) is 6.22. The van der Waals surface area contributed by atoms with E-state index in [1.807, 2.05) is 0 Å². The van der Waals surface area contributed by atoms with Gasteiger partial charge >= 0.3 is 6.78 Å². The molecule has 19 heavy (non-hydrogen) atoms. The van der Waals surface area contributed by atoms with E-state index in [0.717, 1.165) is 7.92 Å². The van der Waals surface area contributed by atoms with Crippen molar-refractivity contribution < 1.29 is 4.52 Å². The van der Waals surface area contributed by atoms with Crippen LogP contribution >= 0.6 is 90.8 Å². The van der Waals surface area contributed by atoms with Crippen LogP contribution in [-0.4, -0.2) is 7.92 Å². The van der Waals surface area contributed by atoms with Crippen LogP contribution < -0.4 is 4.52 Å². The van der Waals surface area contributed by atoms with E-state index in [1.54, 1.807) is 24.3 Å². The van der Waals surface area contributed by atoms with E-state index in [-0.39, 0.29) is 0 Å². The van der Waals surface area contributed by atoms with Crippen molar-refractivity contribution in [2.24, 2.45) is 4.52 Å². The summed E-state index contributed by atoms with van der Waals surface area (Å²) in [4.78, 5) is 0. The lowest BCUT2D eigenvalue weighted by atomic mass is 10.3. The van der Waals surface area contributed by atoms with Gasteiger partial charge in [0.05, 0.1) is 0 Å². The third kappa shape index (κ3) is 3.95. The molecule has 0 saturated heterocycles. The van der Waals surface area contributed by atoms with Gasteiger partial charge in [0.25, 0.3) is 0 Å². The lowest BCUT2D eigenvalue weighted by Gasteiger charge is -2.36. The minimum absolute atomic E-state index is 0.463. The molecule has 0 aliphatic carbocycles. The highest BCUT2D eigenvalue weighted by atomic mass is 35.7. The number of hydrogen-bond donors (Lipinski definition) is 0. The molecule has 0 fully saturated rings. The van der Waals surface area contributed by atoms with Crippen molar-refractivity contribution in [3.8, 4) is 5.75 Å². The van der Waals surface area contributed by atoms with Gasteiger partial charge in [-0.05, 0) is 70.3 Å². The molecule has 106 valence electrons. The Morgan fingerprint density at radius 2 is 1.74 bits per heavy atom. The van der Waals surface area contributed by atoms with Gasteiger partial charge < -0.3 is 4.52 Å². The minimum Gasteiger partial charge on any atom is -0.435 e. The summed E-state index contributed by atoms with van der Waals surface area (Å²) in [5.41, 5.74) is 0. The zero-order valence-electron chi connectivity index (χ0n) is 8.67. The van der Waals surface area contributed by atoms with E-state index < -0.39 is 21.9 Å². The van der Waals surface area contributed by atoms with Crippen LogP contribution in [0.1, 0.15) is 0 Å². The second-order valence-electron chi connectivity index (χ2n) is 3.07. The van der Waals surface area contributed by atoms with Crippen molar-refractivity contribution in [1.29, 1.82) is 0 Å². The van der Waals surface area contributed by atoms with E-state index in [2.05, 4.69) is 4.52 Å². The second-order valence-corrected chi connectivity index (χ2v) is 13.3. The monoisotopic (exact) mass is 437 g/mol. The zero-order valence-corrected chi connectivity index (χ0v) is 15.9. The molecule has 4 nitrogen and oxygen atoms in total. The fraction of sp³-hybridized carbons (Fsp3) is 0. The van der Waals surface area contributed by atoms with Crippen LogP contribution in [0.25, 0.3) is 0 Å². The first kappa shape index (κ1) is 17.1. The summed E-state index contributed by atoms with van der Waals surface area (Å²) in [5, 5.41) is 0.573. The zero-order chi connectivity index (χ0) is 14.2. The lowest BCUT2D eigenvalue weighted by molar-refractivity contribution is 0.598. The Morgan fingerprint density at radius 3 is 2.32 bits per heavy atom. The van der Waals surface area contributed by atoms with Crippen molar-refractivity contribution >= 4 is 90.8 Å². The summed E-state index contributed by atoms with van der Waals surface area (Å²) in [6, 6.07) is 6.60. The van der Waals surface area contributed by atoms with E-state index in [0.29, 0.717) is 10.8 Å². The first-order valence-corrected chi connectivity index (χ1v) is 12.3. The first-order chi connectivity index (χ1) is 8.83. The van der Waals surface area contributed by atoms with Gasteiger partial charge in [0.1, 0.15) is 5.75 Å². The Labute approximate surface area is 142 Å². The molecule has 0 amide bonds. The van der Waals surface area contributed by atoms with Crippen LogP contribution in [-0.2, 0) is 0 Å². The van der Waals surface area contributed by atoms with Crippen LogP contribution in [0.2, 0.25) is 5.02 Å². The van der Waals surface area contributed by atoms with Gasteiger partial charge in [-0.2, -0.15) is 4.52 Å². The van der Waals surface area contributed by atoms with Crippen molar-refractivity contribution in [3.63, 3.8) is 0 Å². The van der Waals surface area contributed by atoms with Gasteiger partial charge in [-0.3, -0.25) is 0 Å². The molecule has 1 aromatic carbocycles. The molecule has 1 heterocycles. The second kappa shape index (κ2) is 6.90. The van der Waals surface area contributed by atoms with Crippen molar-refractivity contribution in [1.82, 2.24) is 7.92 Å². The summed E-state index contributed by atoms with van der Waals surface area (Å²) in [6.07, 6.45) is 0. The lowest BCUT2D eigenvalue weighted by Crippen LogP contribution is -2.11. The molecule has 0 saturated carbocycles. The van der Waals surface area contributed by atoms with Crippen LogP contribution in [0.5, 0.6) is 5.75 Å². The minimum atomic E-state index is -3.02. The molecule has 0 spiro atoms. The van der Waals surface area contributed by atoms with Crippen molar-refractivity contribution in [2.45, 2.75) is 0 Å². The largest absolute Gasteiger partial charge is 0.435 e. The van der Waals surface area contributed by atoms with Crippen LogP contribution in [0.15, 0.2) is 28.8 Å². The molecular weight excluding hydrogens is 436 g/mol. The molecule has 1 aliphatic heterocycles. The topological polar surface area (TPSA) is 28.1 Å². The molecule has 1 aromatic rings.